The number of nitrogens with zero attached hydrogens (tertiary/aromatic N) is 4. The van der Waals surface area contributed by atoms with Crippen LogP contribution in [0.2, 0.25) is 0 Å². The van der Waals surface area contributed by atoms with Gasteiger partial charge in [0.15, 0.2) is 0 Å². The Hall–Kier alpha value is -2.05. The first-order valence-corrected chi connectivity index (χ1v) is 9.05. The standard InChI is InChI=1S/C19H24N4O2/c24-18-4-3-17(16-5-9-20-10-6-16)21-23(18)13-15-11-22(12-15)14-19(25)7-1-2-8-19/h3-6,9-10,15,25H,1-2,7-8,11-14H2. The van der Waals surface area contributed by atoms with Gasteiger partial charge in [0.2, 0.25) is 0 Å². The van der Waals surface area contributed by atoms with Gasteiger partial charge < -0.3 is 5.11 Å². The SMILES string of the molecule is O=c1ccc(-c2ccncc2)nn1CC1CN(CC2(O)CCCC2)C1. The van der Waals surface area contributed by atoms with Crippen LogP contribution in [0.4, 0.5) is 0 Å². The van der Waals surface area contributed by atoms with Crippen molar-refractivity contribution in [3.05, 3.63) is 47.0 Å². The van der Waals surface area contributed by atoms with E-state index in [0.717, 1.165) is 56.6 Å². The van der Waals surface area contributed by atoms with E-state index in [2.05, 4.69) is 15.0 Å². The van der Waals surface area contributed by atoms with Crippen LogP contribution >= 0.6 is 0 Å². The van der Waals surface area contributed by atoms with E-state index < -0.39 is 5.60 Å². The molecule has 2 fully saturated rings. The molecule has 6 nitrogen and oxygen atoms in total. The van der Waals surface area contributed by atoms with E-state index in [-0.39, 0.29) is 5.56 Å². The van der Waals surface area contributed by atoms with Gasteiger partial charge in [0.05, 0.1) is 17.8 Å². The van der Waals surface area contributed by atoms with E-state index in [4.69, 9.17) is 0 Å². The van der Waals surface area contributed by atoms with Crippen molar-refractivity contribution in [2.45, 2.75) is 37.8 Å². The Bertz CT molecular complexity index is 778. The monoisotopic (exact) mass is 340 g/mol. The molecule has 2 aliphatic rings. The molecule has 1 aliphatic carbocycles. The lowest BCUT2D eigenvalue weighted by molar-refractivity contribution is -0.0303. The van der Waals surface area contributed by atoms with Crippen LogP contribution in [-0.4, -0.2) is 50.0 Å². The van der Waals surface area contributed by atoms with E-state index in [1.807, 2.05) is 12.1 Å². The van der Waals surface area contributed by atoms with E-state index in [9.17, 15) is 9.90 Å². The molecule has 0 aromatic carbocycles. The lowest BCUT2D eigenvalue weighted by Gasteiger charge is -2.42. The number of β-amino-alcohol motifs (C(OH)–C–C–N with tert-alkyl or cyclic N) is 1. The minimum Gasteiger partial charge on any atom is -0.389 e. The molecule has 0 atom stereocenters. The van der Waals surface area contributed by atoms with Crippen molar-refractivity contribution < 1.29 is 5.11 Å². The molecule has 0 bridgehead atoms. The molecule has 132 valence electrons. The first-order valence-electron chi connectivity index (χ1n) is 9.05. The normalized spacial score (nSPS) is 20.5. The average Bonchev–Trinajstić information content (AvgIpc) is 3.02. The third kappa shape index (κ3) is 3.65. The second-order valence-corrected chi connectivity index (χ2v) is 7.47. The number of aromatic nitrogens is 3. The number of rotatable bonds is 5. The maximum Gasteiger partial charge on any atom is 0.266 e. The predicted molar refractivity (Wildman–Crippen MR) is 95.1 cm³/mol. The molecule has 1 N–H and O–H groups in total. The summed E-state index contributed by atoms with van der Waals surface area (Å²) in [6, 6.07) is 7.13. The third-order valence-electron chi connectivity index (χ3n) is 5.36. The van der Waals surface area contributed by atoms with Gasteiger partial charge in [-0.2, -0.15) is 5.10 Å². The molecule has 0 unspecified atom stereocenters. The van der Waals surface area contributed by atoms with Crippen LogP contribution in [0, 0.1) is 5.92 Å². The molecule has 3 heterocycles. The fourth-order valence-electron chi connectivity index (χ4n) is 4.03. The van der Waals surface area contributed by atoms with Gasteiger partial charge in [-0.15, -0.1) is 0 Å². The Kier molecular flexibility index (Phi) is 4.39. The van der Waals surface area contributed by atoms with Crippen LogP contribution in [0.25, 0.3) is 11.3 Å². The quantitative estimate of drug-likeness (QED) is 0.894. The Balaban J connectivity index is 1.38. The summed E-state index contributed by atoms with van der Waals surface area (Å²) in [6.45, 7) is 3.25. The third-order valence-corrected chi connectivity index (χ3v) is 5.36. The molecule has 1 aliphatic heterocycles. The Labute approximate surface area is 147 Å². The van der Waals surface area contributed by atoms with Crippen LogP contribution in [0.1, 0.15) is 25.7 Å². The average molecular weight is 340 g/mol. The lowest BCUT2D eigenvalue weighted by Crippen LogP contribution is -2.54. The fourth-order valence-corrected chi connectivity index (χ4v) is 4.03. The van der Waals surface area contributed by atoms with Crippen molar-refractivity contribution in [3.8, 4) is 11.3 Å². The van der Waals surface area contributed by atoms with Crippen molar-refractivity contribution in [2.75, 3.05) is 19.6 Å². The van der Waals surface area contributed by atoms with Crippen molar-refractivity contribution >= 4 is 0 Å². The zero-order chi connectivity index (χ0) is 17.3. The summed E-state index contributed by atoms with van der Waals surface area (Å²) in [6.07, 6.45) is 7.56. The molecule has 4 rings (SSSR count). The van der Waals surface area contributed by atoms with E-state index in [0.29, 0.717) is 12.5 Å². The molecular formula is C19H24N4O2. The zero-order valence-corrected chi connectivity index (χ0v) is 14.3. The van der Waals surface area contributed by atoms with Gasteiger partial charge in [-0.25, -0.2) is 4.68 Å². The number of hydrogen-bond donors (Lipinski definition) is 1. The molecule has 0 amide bonds. The molecule has 0 spiro atoms. The number of pyridine rings is 1. The van der Waals surface area contributed by atoms with Gasteiger partial charge in [0.25, 0.3) is 5.56 Å². The summed E-state index contributed by atoms with van der Waals surface area (Å²) < 4.78 is 1.57. The van der Waals surface area contributed by atoms with E-state index in [1.165, 1.54) is 0 Å². The van der Waals surface area contributed by atoms with Crippen molar-refractivity contribution in [1.82, 2.24) is 19.7 Å². The highest BCUT2D eigenvalue weighted by atomic mass is 16.3. The highest BCUT2D eigenvalue weighted by Crippen LogP contribution is 2.32. The fraction of sp³-hybridized carbons (Fsp3) is 0.526. The maximum atomic E-state index is 12.1. The molecule has 25 heavy (non-hydrogen) atoms. The van der Waals surface area contributed by atoms with Gasteiger partial charge in [0, 0.05) is 49.6 Å². The second kappa shape index (κ2) is 6.69. The van der Waals surface area contributed by atoms with Crippen molar-refractivity contribution in [2.24, 2.45) is 5.92 Å². The summed E-state index contributed by atoms with van der Waals surface area (Å²) >= 11 is 0. The highest BCUT2D eigenvalue weighted by molar-refractivity contribution is 5.56. The first-order chi connectivity index (χ1) is 12.1. The van der Waals surface area contributed by atoms with Crippen molar-refractivity contribution in [1.29, 1.82) is 0 Å². The minimum absolute atomic E-state index is 0.0642. The smallest absolute Gasteiger partial charge is 0.266 e. The largest absolute Gasteiger partial charge is 0.389 e. The molecule has 2 aromatic rings. The molecule has 6 heteroatoms. The van der Waals surface area contributed by atoms with Gasteiger partial charge in [-0.3, -0.25) is 14.7 Å². The minimum atomic E-state index is -0.485. The lowest BCUT2D eigenvalue weighted by atomic mass is 9.95. The number of aliphatic hydroxyl groups is 1. The van der Waals surface area contributed by atoms with Gasteiger partial charge >= 0.3 is 0 Å². The number of likely N-dealkylation sites (tertiary alicyclic amines) is 1. The van der Waals surface area contributed by atoms with Crippen molar-refractivity contribution in [3.63, 3.8) is 0 Å². The number of hydrogen-bond acceptors (Lipinski definition) is 5. The van der Waals surface area contributed by atoms with Crippen LogP contribution in [0.3, 0.4) is 0 Å². The van der Waals surface area contributed by atoms with Gasteiger partial charge in [-0.1, -0.05) is 12.8 Å². The summed E-state index contributed by atoms with van der Waals surface area (Å²) in [5, 5.41) is 15.0. The van der Waals surface area contributed by atoms with E-state index >= 15 is 0 Å². The first kappa shape index (κ1) is 16.4. The Morgan fingerprint density at radius 1 is 1.12 bits per heavy atom. The molecule has 1 saturated heterocycles. The predicted octanol–water partition coefficient (Wildman–Crippen LogP) is 1.54. The van der Waals surface area contributed by atoms with Gasteiger partial charge in [-0.05, 0) is 31.0 Å². The van der Waals surface area contributed by atoms with Crippen LogP contribution < -0.4 is 5.56 Å². The summed E-state index contributed by atoms with van der Waals surface area (Å²) in [4.78, 5) is 18.4. The molecule has 0 radical (unpaired) electrons. The highest BCUT2D eigenvalue weighted by Gasteiger charge is 2.37. The van der Waals surface area contributed by atoms with Crippen LogP contribution in [0.15, 0.2) is 41.5 Å². The van der Waals surface area contributed by atoms with Gasteiger partial charge in [0.1, 0.15) is 0 Å². The summed E-state index contributed by atoms with van der Waals surface area (Å²) in [7, 11) is 0. The Morgan fingerprint density at radius 2 is 1.84 bits per heavy atom. The zero-order valence-electron chi connectivity index (χ0n) is 14.3. The molecular weight excluding hydrogens is 316 g/mol. The topological polar surface area (TPSA) is 71.2 Å². The van der Waals surface area contributed by atoms with Crippen LogP contribution in [-0.2, 0) is 6.54 Å². The molecule has 2 aromatic heterocycles. The second-order valence-electron chi connectivity index (χ2n) is 7.47. The Morgan fingerprint density at radius 3 is 2.56 bits per heavy atom. The summed E-state index contributed by atoms with van der Waals surface area (Å²) in [5.74, 6) is 0.419. The maximum absolute atomic E-state index is 12.1. The van der Waals surface area contributed by atoms with E-state index in [1.54, 1.807) is 29.2 Å². The molecule has 1 saturated carbocycles. The van der Waals surface area contributed by atoms with Crippen LogP contribution in [0.5, 0.6) is 0 Å². The summed E-state index contributed by atoms with van der Waals surface area (Å²) in [5.41, 5.74) is 1.20.